The van der Waals surface area contributed by atoms with Gasteiger partial charge in [0.05, 0.1) is 6.10 Å². The molecule has 1 heterocycles. The minimum absolute atomic E-state index is 0.469. The first-order chi connectivity index (χ1) is 6.04. The second-order valence-electron chi connectivity index (χ2n) is 4.44. The van der Waals surface area contributed by atoms with Crippen LogP contribution in [0.1, 0.15) is 54.4 Å². The Hall–Kier alpha value is -0.0400. The van der Waals surface area contributed by atoms with Crippen LogP contribution >= 0.6 is 0 Å². The summed E-state index contributed by atoms with van der Waals surface area (Å²) in [6.07, 6.45) is 2.93. The molecule has 13 heavy (non-hydrogen) atoms. The summed E-state index contributed by atoms with van der Waals surface area (Å²) < 4.78 is 5.52. The fourth-order valence-corrected chi connectivity index (χ4v) is 1.84. The van der Waals surface area contributed by atoms with Gasteiger partial charge in [-0.25, -0.2) is 0 Å². The van der Waals surface area contributed by atoms with Gasteiger partial charge >= 0.3 is 0 Å². The molecular weight excluding hydrogens is 160 g/mol. The molecule has 0 aliphatic carbocycles. The molecule has 0 aromatic heterocycles. The van der Waals surface area contributed by atoms with Gasteiger partial charge in [0.25, 0.3) is 0 Å². The lowest BCUT2D eigenvalue weighted by Crippen LogP contribution is -2.35. The number of rotatable bonds is 1. The van der Waals surface area contributed by atoms with Crippen LogP contribution in [0.5, 0.6) is 0 Å². The van der Waals surface area contributed by atoms with Gasteiger partial charge in [-0.1, -0.05) is 34.6 Å². The number of hydrogen-bond acceptors (Lipinski definition) is 1. The summed E-state index contributed by atoms with van der Waals surface area (Å²) in [6, 6.07) is 0. The van der Waals surface area contributed by atoms with Crippen LogP contribution in [0.15, 0.2) is 0 Å². The van der Waals surface area contributed by atoms with Crippen molar-refractivity contribution >= 4 is 0 Å². The first-order valence-corrected chi connectivity index (χ1v) is 5.66. The average Bonchev–Trinajstić information content (AvgIpc) is 2.07. The van der Waals surface area contributed by atoms with Crippen molar-refractivity contribution in [3.63, 3.8) is 0 Å². The maximum absolute atomic E-state index is 5.52. The largest absolute Gasteiger partial charge is 0.378 e. The third-order valence-corrected chi connectivity index (χ3v) is 3.22. The lowest BCUT2D eigenvalue weighted by molar-refractivity contribution is -0.0495. The van der Waals surface area contributed by atoms with Crippen LogP contribution in [0.3, 0.4) is 0 Å². The van der Waals surface area contributed by atoms with Gasteiger partial charge in [0.15, 0.2) is 0 Å². The summed E-state index contributed by atoms with van der Waals surface area (Å²) in [5.41, 5.74) is 0.525. The zero-order valence-electron chi connectivity index (χ0n) is 10.2. The molecule has 2 atom stereocenters. The highest BCUT2D eigenvalue weighted by atomic mass is 16.5. The van der Waals surface area contributed by atoms with Crippen molar-refractivity contribution in [2.75, 3.05) is 6.61 Å². The van der Waals surface area contributed by atoms with E-state index in [4.69, 9.17) is 4.74 Å². The molecule has 1 aliphatic heterocycles. The fourth-order valence-electron chi connectivity index (χ4n) is 1.84. The molecule has 0 radical (unpaired) electrons. The predicted octanol–water partition coefficient (Wildman–Crippen LogP) is 3.87. The molecule has 0 aromatic carbocycles. The van der Waals surface area contributed by atoms with Gasteiger partial charge in [-0.3, -0.25) is 0 Å². The topological polar surface area (TPSA) is 9.23 Å². The molecule has 0 amide bonds. The van der Waals surface area contributed by atoms with Crippen LogP contribution in [0, 0.1) is 11.3 Å². The van der Waals surface area contributed by atoms with Crippen LogP contribution in [0.25, 0.3) is 0 Å². The van der Waals surface area contributed by atoms with Crippen LogP contribution in [0.4, 0.5) is 0 Å². The zero-order valence-corrected chi connectivity index (χ0v) is 10.2. The second kappa shape index (κ2) is 5.64. The van der Waals surface area contributed by atoms with E-state index >= 15 is 0 Å². The summed E-state index contributed by atoms with van der Waals surface area (Å²) in [6.45, 7) is 14.2. The third-order valence-electron chi connectivity index (χ3n) is 3.22. The van der Waals surface area contributed by atoms with E-state index in [0.717, 1.165) is 12.5 Å². The van der Waals surface area contributed by atoms with Crippen LogP contribution in [0.2, 0.25) is 0 Å². The summed E-state index contributed by atoms with van der Waals surface area (Å²) in [7, 11) is 0. The Kier molecular flexibility index (Phi) is 5.62. The molecule has 1 aliphatic rings. The quantitative estimate of drug-likeness (QED) is 0.604. The standard InChI is InChI=1S/C10H20O.C2H6/c1-8(2)10(4)5-6-11-9(3)7-10;1-2/h8-9H,5-7H2,1-4H3;1-2H3. The van der Waals surface area contributed by atoms with Gasteiger partial charge in [-0.05, 0) is 31.1 Å². The van der Waals surface area contributed by atoms with Crippen molar-refractivity contribution in [2.24, 2.45) is 11.3 Å². The van der Waals surface area contributed by atoms with Crippen molar-refractivity contribution in [2.45, 2.75) is 60.5 Å². The van der Waals surface area contributed by atoms with Gasteiger partial charge in [-0.15, -0.1) is 0 Å². The van der Waals surface area contributed by atoms with E-state index in [-0.39, 0.29) is 0 Å². The Morgan fingerprint density at radius 1 is 1.31 bits per heavy atom. The zero-order chi connectivity index (χ0) is 10.5. The highest BCUT2D eigenvalue weighted by molar-refractivity contribution is 4.82. The van der Waals surface area contributed by atoms with E-state index in [0.29, 0.717) is 11.5 Å². The van der Waals surface area contributed by atoms with E-state index in [1.807, 2.05) is 13.8 Å². The first-order valence-electron chi connectivity index (χ1n) is 5.66. The van der Waals surface area contributed by atoms with Crippen molar-refractivity contribution in [3.05, 3.63) is 0 Å². The number of ether oxygens (including phenoxy) is 1. The Balaban J connectivity index is 0.000000671. The molecular formula is C12H26O. The molecule has 1 heteroatoms. The van der Waals surface area contributed by atoms with Crippen molar-refractivity contribution in [1.29, 1.82) is 0 Å². The summed E-state index contributed by atoms with van der Waals surface area (Å²) in [4.78, 5) is 0. The lowest BCUT2D eigenvalue weighted by atomic mass is 9.71. The Bertz CT molecular complexity index is 131. The smallest absolute Gasteiger partial charge is 0.0552 e. The van der Waals surface area contributed by atoms with Gasteiger partial charge in [0.2, 0.25) is 0 Å². The van der Waals surface area contributed by atoms with Crippen LogP contribution in [-0.2, 0) is 4.74 Å². The van der Waals surface area contributed by atoms with E-state index in [1.54, 1.807) is 0 Å². The normalized spacial score (nSPS) is 33.9. The van der Waals surface area contributed by atoms with E-state index < -0.39 is 0 Å². The molecule has 0 spiro atoms. The molecule has 1 nitrogen and oxygen atoms in total. The van der Waals surface area contributed by atoms with E-state index in [1.165, 1.54) is 12.8 Å². The first kappa shape index (κ1) is 13.0. The predicted molar refractivity (Wildman–Crippen MR) is 58.9 cm³/mol. The van der Waals surface area contributed by atoms with Crippen molar-refractivity contribution in [1.82, 2.24) is 0 Å². The molecule has 80 valence electrons. The molecule has 0 bridgehead atoms. The highest BCUT2D eigenvalue weighted by Crippen LogP contribution is 2.39. The second-order valence-corrected chi connectivity index (χ2v) is 4.44. The average molecular weight is 186 g/mol. The maximum Gasteiger partial charge on any atom is 0.0552 e. The Morgan fingerprint density at radius 3 is 2.15 bits per heavy atom. The molecule has 0 saturated carbocycles. The molecule has 0 aromatic rings. The van der Waals surface area contributed by atoms with Gasteiger partial charge in [-0.2, -0.15) is 0 Å². The molecule has 1 rings (SSSR count). The molecule has 1 saturated heterocycles. The fraction of sp³-hybridized carbons (Fsp3) is 1.00. The van der Waals surface area contributed by atoms with E-state index in [2.05, 4.69) is 27.7 Å². The molecule has 2 unspecified atom stereocenters. The molecule has 1 fully saturated rings. The highest BCUT2D eigenvalue weighted by Gasteiger charge is 2.33. The Morgan fingerprint density at radius 2 is 1.85 bits per heavy atom. The SMILES string of the molecule is CC.CC1CC(C)(C(C)C)CCO1. The monoisotopic (exact) mass is 186 g/mol. The van der Waals surface area contributed by atoms with Crippen molar-refractivity contribution < 1.29 is 4.74 Å². The van der Waals surface area contributed by atoms with E-state index in [9.17, 15) is 0 Å². The minimum Gasteiger partial charge on any atom is -0.378 e. The Labute approximate surface area is 83.9 Å². The lowest BCUT2D eigenvalue weighted by Gasteiger charge is -2.40. The number of hydrogen-bond donors (Lipinski definition) is 0. The van der Waals surface area contributed by atoms with Gasteiger partial charge in [0.1, 0.15) is 0 Å². The minimum atomic E-state index is 0.469. The third kappa shape index (κ3) is 3.68. The van der Waals surface area contributed by atoms with Crippen LogP contribution in [-0.4, -0.2) is 12.7 Å². The molecule has 0 N–H and O–H groups in total. The van der Waals surface area contributed by atoms with Crippen molar-refractivity contribution in [3.8, 4) is 0 Å². The maximum atomic E-state index is 5.52. The van der Waals surface area contributed by atoms with Gasteiger partial charge < -0.3 is 4.74 Å². The summed E-state index contributed by atoms with van der Waals surface area (Å²) in [5.74, 6) is 0.786. The van der Waals surface area contributed by atoms with Crippen LogP contribution < -0.4 is 0 Å². The summed E-state index contributed by atoms with van der Waals surface area (Å²) in [5, 5.41) is 0. The summed E-state index contributed by atoms with van der Waals surface area (Å²) >= 11 is 0. The van der Waals surface area contributed by atoms with Gasteiger partial charge in [0, 0.05) is 6.61 Å².